The number of nitrogens with zero attached hydrogens (tertiary/aromatic N) is 1. The Bertz CT molecular complexity index is 732. The third kappa shape index (κ3) is 5.87. The van der Waals surface area contributed by atoms with Gasteiger partial charge in [0.15, 0.2) is 0 Å². The van der Waals surface area contributed by atoms with Crippen molar-refractivity contribution in [3.8, 4) is 10.8 Å². The first kappa shape index (κ1) is 20.0. The predicted octanol–water partition coefficient (Wildman–Crippen LogP) is 3.57. The minimum absolute atomic E-state index is 0.0958. The van der Waals surface area contributed by atoms with Gasteiger partial charge < -0.3 is 19.8 Å². The number of oxazole rings is 1. The topological polar surface area (TPSA) is 93.5 Å². The number of alkyl carbamates (subject to hydrolysis) is 1. The summed E-state index contributed by atoms with van der Waals surface area (Å²) in [7, 11) is 0. The first-order chi connectivity index (χ1) is 12.2. The molecule has 2 N–H and O–H groups in total. The van der Waals surface area contributed by atoms with Crippen LogP contribution in [-0.4, -0.2) is 28.6 Å². The average Bonchev–Trinajstić information content (AvgIpc) is 3.18. The molecule has 0 aliphatic rings. The zero-order valence-corrected chi connectivity index (χ0v) is 16.5. The van der Waals surface area contributed by atoms with E-state index in [0.29, 0.717) is 11.6 Å². The normalized spacial score (nSPS) is 12.7. The van der Waals surface area contributed by atoms with E-state index in [4.69, 9.17) is 9.15 Å². The van der Waals surface area contributed by atoms with E-state index in [0.717, 1.165) is 4.88 Å². The Hall–Kier alpha value is -2.35. The number of carbonyl (C=O) groups excluding carboxylic acids is 2. The van der Waals surface area contributed by atoms with Gasteiger partial charge in [-0.25, -0.2) is 9.78 Å². The molecule has 0 radical (unpaired) electrons. The molecule has 1 unspecified atom stereocenters. The molecule has 2 aromatic heterocycles. The number of carbonyl (C=O) groups is 2. The van der Waals surface area contributed by atoms with E-state index >= 15 is 0 Å². The van der Waals surface area contributed by atoms with Crippen molar-refractivity contribution >= 4 is 23.3 Å². The molecule has 2 aromatic rings. The Kier molecular flexibility index (Phi) is 6.42. The Balaban J connectivity index is 1.92. The summed E-state index contributed by atoms with van der Waals surface area (Å²) >= 11 is 1.53. The summed E-state index contributed by atoms with van der Waals surface area (Å²) in [6, 6.07) is 3.13. The minimum Gasteiger partial charge on any atom is -0.444 e. The molecule has 1 atom stereocenters. The highest BCUT2D eigenvalue weighted by Gasteiger charge is 2.26. The minimum atomic E-state index is -0.700. The predicted molar refractivity (Wildman–Crippen MR) is 99.7 cm³/mol. The Morgan fingerprint density at radius 3 is 2.65 bits per heavy atom. The number of amides is 2. The summed E-state index contributed by atoms with van der Waals surface area (Å²) in [5, 5.41) is 7.34. The summed E-state index contributed by atoms with van der Waals surface area (Å²) in [6.07, 6.45) is 0.897. The molecule has 0 bridgehead atoms. The Morgan fingerprint density at radius 2 is 2.08 bits per heavy atom. The third-order valence-corrected chi connectivity index (χ3v) is 4.21. The number of thiophene rings is 1. The smallest absolute Gasteiger partial charge is 0.408 e. The van der Waals surface area contributed by atoms with Crippen LogP contribution in [0.3, 0.4) is 0 Å². The summed E-state index contributed by atoms with van der Waals surface area (Å²) in [5.74, 6) is 0.129. The van der Waals surface area contributed by atoms with Crippen molar-refractivity contribution in [3.63, 3.8) is 0 Å². The molecule has 0 saturated heterocycles. The molecular weight excluding hydrogens is 354 g/mol. The lowest BCUT2D eigenvalue weighted by molar-refractivity contribution is -0.124. The van der Waals surface area contributed by atoms with Crippen LogP contribution in [0.5, 0.6) is 0 Å². The van der Waals surface area contributed by atoms with Gasteiger partial charge in [0.2, 0.25) is 11.8 Å². The van der Waals surface area contributed by atoms with Crippen LogP contribution in [0, 0.1) is 5.92 Å². The zero-order valence-electron chi connectivity index (χ0n) is 15.7. The van der Waals surface area contributed by atoms with Crippen molar-refractivity contribution in [1.82, 2.24) is 15.6 Å². The number of aromatic nitrogens is 1. The number of ether oxygens (including phenoxy) is 1. The number of rotatable bonds is 6. The number of hydrogen-bond donors (Lipinski definition) is 2. The van der Waals surface area contributed by atoms with Gasteiger partial charge in [0.05, 0.1) is 17.1 Å². The van der Waals surface area contributed by atoms with Crippen LogP contribution >= 0.6 is 11.3 Å². The summed E-state index contributed by atoms with van der Waals surface area (Å²) < 4.78 is 10.6. The fourth-order valence-corrected chi connectivity index (χ4v) is 2.81. The summed E-state index contributed by atoms with van der Waals surface area (Å²) in [4.78, 5) is 29.7. The van der Waals surface area contributed by atoms with Gasteiger partial charge >= 0.3 is 6.09 Å². The van der Waals surface area contributed by atoms with Crippen molar-refractivity contribution in [1.29, 1.82) is 0 Å². The second-order valence-corrected chi connectivity index (χ2v) is 8.15. The molecule has 8 heteroatoms. The highest BCUT2D eigenvalue weighted by molar-refractivity contribution is 7.13. The van der Waals surface area contributed by atoms with Crippen LogP contribution in [0.25, 0.3) is 10.8 Å². The van der Waals surface area contributed by atoms with E-state index in [1.54, 1.807) is 20.8 Å². The van der Waals surface area contributed by atoms with E-state index in [-0.39, 0.29) is 18.4 Å². The van der Waals surface area contributed by atoms with E-state index in [2.05, 4.69) is 15.6 Å². The second-order valence-electron chi connectivity index (χ2n) is 7.21. The molecule has 26 heavy (non-hydrogen) atoms. The maximum absolute atomic E-state index is 12.5. The second kappa shape index (κ2) is 8.35. The van der Waals surface area contributed by atoms with E-state index < -0.39 is 17.7 Å². The monoisotopic (exact) mass is 379 g/mol. The van der Waals surface area contributed by atoms with E-state index in [1.165, 1.54) is 17.6 Å². The quantitative estimate of drug-likeness (QED) is 0.800. The van der Waals surface area contributed by atoms with Crippen molar-refractivity contribution in [2.45, 2.75) is 52.8 Å². The lowest BCUT2D eigenvalue weighted by atomic mass is 10.0. The molecule has 0 saturated carbocycles. The first-order valence-electron chi connectivity index (χ1n) is 8.41. The average molecular weight is 379 g/mol. The van der Waals surface area contributed by atoms with Crippen molar-refractivity contribution < 1.29 is 18.7 Å². The largest absolute Gasteiger partial charge is 0.444 e. The van der Waals surface area contributed by atoms with Gasteiger partial charge in [0, 0.05) is 0 Å². The zero-order chi connectivity index (χ0) is 19.3. The van der Waals surface area contributed by atoms with Crippen LogP contribution in [0.15, 0.2) is 28.2 Å². The van der Waals surface area contributed by atoms with Gasteiger partial charge in [-0.3, -0.25) is 4.79 Å². The van der Waals surface area contributed by atoms with Crippen LogP contribution in [0.4, 0.5) is 4.79 Å². The van der Waals surface area contributed by atoms with Gasteiger partial charge in [-0.1, -0.05) is 19.9 Å². The molecular formula is C18H25N3O4S. The van der Waals surface area contributed by atoms with Crippen LogP contribution < -0.4 is 10.6 Å². The Labute approximate surface area is 157 Å². The van der Waals surface area contributed by atoms with Gasteiger partial charge in [-0.2, -0.15) is 0 Å². The molecule has 0 fully saturated rings. The highest BCUT2D eigenvalue weighted by Crippen LogP contribution is 2.23. The van der Waals surface area contributed by atoms with Gasteiger partial charge in [-0.15, -0.1) is 11.3 Å². The maximum Gasteiger partial charge on any atom is 0.408 e. The van der Waals surface area contributed by atoms with Gasteiger partial charge in [0.25, 0.3) is 0 Å². The van der Waals surface area contributed by atoms with Crippen LogP contribution in [0.2, 0.25) is 0 Å². The summed E-state index contributed by atoms with van der Waals surface area (Å²) in [5.41, 5.74) is -0.0115. The molecule has 2 rings (SSSR count). The van der Waals surface area contributed by atoms with E-state index in [9.17, 15) is 9.59 Å². The first-order valence-corrected chi connectivity index (χ1v) is 9.29. The molecule has 0 aromatic carbocycles. The number of nitrogens with one attached hydrogen (secondary N) is 2. The fourth-order valence-electron chi connectivity index (χ4n) is 2.16. The van der Waals surface area contributed by atoms with Gasteiger partial charge in [-0.05, 0) is 38.1 Å². The molecule has 7 nitrogen and oxygen atoms in total. The van der Waals surface area contributed by atoms with Crippen LogP contribution in [-0.2, 0) is 16.1 Å². The molecule has 142 valence electrons. The van der Waals surface area contributed by atoms with E-state index in [1.807, 2.05) is 31.4 Å². The van der Waals surface area contributed by atoms with Crippen molar-refractivity contribution in [2.75, 3.05) is 0 Å². The SMILES string of the molecule is CC(C)C(NC(=O)OC(C)(C)C)C(=O)NCc1coc(-c2cccs2)n1. The fraction of sp³-hybridized carbons (Fsp3) is 0.500. The lowest BCUT2D eigenvalue weighted by Gasteiger charge is -2.25. The molecule has 2 heterocycles. The Morgan fingerprint density at radius 1 is 1.35 bits per heavy atom. The van der Waals surface area contributed by atoms with Crippen LogP contribution in [0.1, 0.15) is 40.3 Å². The van der Waals surface area contributed by atoms with Crippen molar-refractivity contribution in [2.24, 2.45) is 5.92 Å². The highest BCUT2D eigenvalue weighted by atomic mass is 32.1. The lowest BCUT2D eigenvalue weighted by Crippen LogP contribution is -2.50. The summed E-state index contributed by atoms with van der Waals surface area (Å²) in [6.45, 7) is 9.23. The standard InChI is InChI=1S/C18H25N3O4S/c1-11(2)14(21-17(23)25-18(3,4)5)15(22)19-9-12-10-24-16(20-12)13-7-6-8-26-13/h6-8,10-11,14H,9H2,1-5H3,(H,19,22)(H,21,23). The van der Waals surface area contributed by atoms with Gasteiger partial charge in [0.1, 0.15) is 17.9 Å². The van der Waals surface area contributed by atoms with Crippen molar-refractivity contribution in [3.05, 3.63) is 29.5 Å². The molecule has 0 spiro atoms. The molecule has 0 aliphatic heterocycles. The molecule has 2 amide bonds. The third-order valence-electron chi connectivity index (χ3n) is 3.35. The maximum atomic E-state index is 12.5. The molecule has 0 aliphatic carbocycles. The number of hydrogen-bond acceptors (Lipinski definition) is 6.